The number of carbonyl (C=O) groups is 2. The maximum absolute atomic E-state index is 12.8. The monoisotopic (exact) mass is 488 g/mol. The van der Waals surface area contributed by atoms with Gasteiger partial charge in [-0.1, -0.05) is 24.3 Å². The van der Waals surface area contributed by atoms with Crippen LogP contribution in [-0.2, 0) is 22.4 Å². The number of aryl methyl sites for hydroxylation is 2. The number of carboxylic acid groups (broad SMARTS) is 1. The van der Waals surface area contributed by atoms with Gasteiger partial charge in [0, 0.05) is 36.8 Å². The zero-order valence-electron chi connectivity index (χ0n) is 20.3. The van der Waals surface area contributed by atoms with E-state index in [0.29, 0.717) is 23.6 Å². The number of hydrogen-bond donors (Lipinski definition) is 3. The molecule has 3 N–H and O–H groups in total. The minimum Gasteiger partial charge on any atom is -0.480 e. The molecular formula is C28H32N4O4. The van der Waals surface area contributed by atoms with Crippen LogP contribution in [0, 0.1) is 5.92 Å². The Hall–Kier alpha value is -3.52. The lowest BCUT2D eigenvalue weighted by atomic mass is 9.79. The molecule has 1 amide bonds. The molecule has 2 aliphatic rings. The van der Waals surface area contributed by atoms with E-state index in [-0.39, 0.29) is 12.5 Å². The van der Waals surface area contributed by atoms with Crippen molar-refractivity contribution in [1.29, 1.82) is 0 Å². The van der Waals surface area contributed by atoms with Gasteiger partial charge in [0.2, 0.25) is 0 Å². The second kappa shape index (κ2) is 11.0. The first-order valence-electron chi connectivity index (χ1n) is 12.8. The highest BCUT2D eigenvalue weighted by atomic mass is 16.5. The molecule has 2 aromatic heterocycles. The van der Waals surface area contributed by atoms with Crippen molar-refractivity contribution in [2.75, 3.05) is 18.5 Å². The molecule has 1 fully saturated rings. The Kier molecular flexibility index (Phi) is 7.41. The molecule has 8 heteroatoms. The molecule has 3 heterocycles. The highest BCUT2D eigenvalue weighted by Crippen LogP contribution is 2.34. The smallest absolute Gasteiger partial charge is 0.326 e. The number of rotatable bonds is 10. The van der Waals surface area contributed by atoms with E-state index in [1.807, 2.05) is 12.1 Å². The quantitative estimate of drug-likeness (QED) is 0.395. The van der Waals surface area contributed by atoms with Crippen molar-refractivity contribution in [3.8, 4) is 0 Å². The summed E-state index contributed by atoms with van der Waals surface area (Å²) in [5, 5.41) is 16.5. The third kappa shape index (κ3) is 5.65. The molecule has 36 heavy (non-hydrogen) atoms. The molecule has 5 rings (SSSR count). The fourth-order valence-corrected chi connectivity index (χ4v) is 5.04. The Labute approximate surface area is 210 Å². The molecule has 188 valence electrons. The minimum atomic E-state index is -1.07. The fourth-order valence-electron chi connectivity index (χ4n) is 5.04. The standard InChI is InChI=1S/C28H32N4O4/c33-27(23-7-1-4-19-5-2-13-29-25(19)23)32-24(28(34)35)12-15-36-22-16-18(17-22)8-10-21-11-9-20-6-3-14-30-26(20)31-21/h1-2,4-5,7,9,11,13,18,22,24H,3,6,8,10,12,14-17H2,(H,30,31)(H,32,33)(H,34,35)/t18-,22-,24-/m0/s1. The first-order chi connectivity index (χ1) is 17.6. The number of amides is 1. The van der Waals surface area contributed by atoms with E-state index in [0.717, 1.165) is 55.5 Å². The number of fused-ring (bicyclic) bond motifs is 2. The number of ether oxygens (including phenoxy) is 1. The Morgan fingerprint density at radius 3 is 2.89 bits per heavy atom. The van der Waals surface area contributed by atoms with Gasteiger partial charge in [-0.3, -0.25) is 9.78 Å². The van der Waals surface area contributed by atoms with Crippen molar-refractivity contribution in [2.45, 2.75) is 57.1 Å². The zero-order chi connectivity index (χ0) is 24.9. The summed E-state index contributed by atoms with van der Waals surface area (Å²) in [6.45, 7) is 1.29. The maximum Gasteiger partial charge on any atom is 0.326 e. The Bertz CT molecular complexity index is 1240. The van der Waals surface area contributed by atoms with Gasteiger partial charge in [-0.15, -0.1) is 0 Å². The van der Waals surface area contributed by atoms with Gasteiger partial charge in [0.1, 0.15) is 11.9 Å². The average molecular weight is 489 g/mol. The molecule has 1 aliphatic heterocycles. The van der Waals surface area contributed by atoms with Crippen molar-refractivity contribution in [1.82, 2.24) is 15.3 Å². The first-order valence-corrected chi connectivity index (χ1v) is 12.8. The Morgan fingerprint density at radius 1 is 1.17 bits per heavy atom. The highest BCUT2D eigenvalue weighted by Gasteiger charge is 2.30. The summed E-state index contributed by atoms with van der Waals surface area (Å²) in [6, 6.07) is 12.3. The predicted octanol–water partition coefficient (Wildman–Crippen LogP) is 3.99. The molecule has 1 saturated carbocycles. The third-order valence-electron chi connectivity index (χ3n) is 7.19. The molecular weight excluding hydrogens is 456 g/mol. The SMILES string of the molecule is O=C(N[C@@H](CCO[C@H]1C[C@H](CCc2ccc3c(n2)NCCC3)C1)C(=O)O)c1cccc2cccnc12. The first kappa shape index (κ1) is 24.2. The lowest BCUT2D eigenvalue weighted by molar-refractivity contribution is -0.140. The van der Waals surface area contributed by atoms with Crippen molar-refractivity contribution < 1.29 is 19.4 Å². The van der Waals surface area contributed by atoms with E-state index >= 15 is 0 Å². The van der Waals surface area contributed by atoms with Gasteiger partial charge in [-0.2, -0.15) is 0 Å². The summed E-state index contributed by atoms with van der Waals surface area (Å²) in [5.41, 5.74) is 3.37. The number of carbonyl (C=O) groups excluding carboxylic acids is 1. The van der Waals surface area contributed by atoms with E-state index in [4.69, 9.17) is 9.72 Å². The van der Waals surface area contributed by atoms with Crippen LogP contribution in [-0.4, -0.2) is 52.2 Å². The van der Waals surface area contributed by atoms with E-state index in [1.165, 1.54) is 12.0 Å². The number of carboxylic acids is 1. The Morgan fingerprint density at radius 2 is 2.03 bits per heavy atom. The van der Waals surface area contributed by atoms with Gasteiger partial charge in [0.25, 0.3) is 5.91 Å². The van der Waals surface area contributed by atoms with E-state index in [1.54, 1.807) is 24.4 Å². The average Bonchev–Trinajstić information content (AvgIpc) is 2.88. The number of nitrogens with zero attached hydrogens (tertiary/aromatic N) is 2. The zero-order valence-corrected chi connectivity index (χ0v) is 20.3. The molecule has 0 radical (unpaired) electrons. The van der Waals surface area contributed by atoms with Crippen LogP contribution in [0.4, 0.5) is 5.82 Å². The van der Waals surface area contributed by atoms with Crippen LogP contribution in [0.1, 0.15) is 53.7 Å². The maximum atomic E-state index is 12.8. The van der Waals surface area contributed by atoms with Crippen LogP contribution in [0.2, 0.25) is 0 Å². The van der Waals surface area contributed by atoms with Gasteiger partial charge in [0.05, 0.1) is 17.2 Å². The van der Waals surface area contributed by atoms with Crippen LogP contribution in [0.5, 0.6) is 0 Å². The van der Waals surface area contributed by atoms with Gasteiger partial charge in [0.15, 0.2) is 0 Å². The number of anilines is 1. The number of para-hydroxylation sites is 1. The van der Waals surface area contributed by atoms with Crippen LogP contribution in [0.25, 0.3) is 10.9 Å². The molecule has 0 unspecified atom stereocenters. The fraction of sp³-hybridized carbons (Fsp3) is 0.429. The van der Waals surface area contributed by atoms with E-state index in [9.17, 15) is 14.7 Å². The summed E-state index contributed by atoms with van der Waals surface area (Å²) >= 11 is 0. The Balaban J connectivity index is 1.04. The van der Waals surface area contributed by atoms with Crippen LogP contribution in [0.15, 0.2) is 48.7 Å². The molecule has 8 nitrogen and oxygen atoms in total. The number of nitrogens with one attached hydrogen (secondary N) is 2. The lowest BCUT2D eigenvalue weighted by Gasteiger charge is -2.35. The summed E-state index contributed by atoms with van der Waals surface area (Å²) in [4.78, 5) is 33.6. The van der Waals surface area contributed by atoms with Gasteiger partial charge < -0.3 is 20.5 Å². The lowest BCUT2D eigenvalue weighted by Crippen LogP contribution is -2.42. The molecule has 1 aromatic carbocycles. The molecule has 3 aromatic rings. The number of benzene rings is 1. The summed E-state index contributed by atoms with van der Waals surface area (Å²) in [5.74, 6) is 0.139. The van der Waals surface area contributed by atoms with Crippen LogP contribution >= 0.6 is 0 Å². The van der Waals surface area contributed by atoms with E-state index in [2.05, 4.69) is 27.8 Å². The van der Waals surface area contributed by atoms with Crippen molar-refractivity contribution in [3.63, 3.8) is 0 Å². The summed E-state index contributed by atoms with van der Waals surface area (Å²) < 4.78 is 5.92. The summed E-state index contributed by atoms with van der Waals surface area (Å²) in [6.07, 6.45) is 8.26. The molecule has 1 atom stereocenters. The second-order valence-electron chi connectivity index (χ2n) is 9.74. The molecule has 0 spiro atoms. The van der Waals surface area contributed by atoms with Crippen LogP contribution < -0.4 is 10.6 Å². The van der Waals surface area contributed by atoms with Crippen molar-refractivity contribution in [2.24, 2.45) is 5.92 Å². The van der Waals surface area contributed by atoms with E-state index < -0.39 is 17.9 Å². The van der Waals surface area contributed by atoms with Crippen molar-refractivity contribution in [3.05, 3.63) is 65.5 Å². The number of hydrogen-bond acceptors (Lipinski definition) is 6. The van der Waals surface area contributed by atoms with Gasteiger partial charge in [-0.05, 0) is 68.2 Å². The predicted molar refractivity (Wildman–Crippen MR) is 137 cm³/mol. The van der Waals surface area contributed by atoms with Gasteiger partial charge >= 0.3 is 5.97 Å². The topological polar surface area (TPSA) is 113 Å². The van der Waals surface area contributed by atoms with Gasteiger partial charge in [-0.25, -0.2) is 9.78 Å². The number of aromatic nitrogens is 2. The summed E-state index contributed by atoms with van der Waals surface area (Å²) in [7, 11) is 0. The third-order valence-corrected chi connectivity index (χ3v) is 7.19. The molecule has 1 aliphatic carbocycles. The number of pyridine rings is 2. The number of aliphatic carboxylic acids is 1. The minimum absolute atomic E-state index is 0.153. The normalized spacial score (nSPS) is 19.6. The van der Waals surface area contributed by atoms with Crippen LogP contribution in [0.3, 0.4) is 0 Å². The van der Waals surface area contributed by atoms with Crippen molar-refractivity contribution >= 4 is 28.6 Å². The largest absolute Gasteiger partial charge is 0.480 e. The highest BCUT2D eigenvalue weighted by molar-refractivity contribution is 6.06. The molecule has 0 saturated heterocycles. The molecule has 0 bridgehead atoms. The second-order valence-corrected chi connectivity index (χ2v) is 9.74.